The summed E-state index contributed by atoms with van der Waals surface area (Å²) in [6.45, 7) is 2.34. The Morgan fingerprint density at radius 3 is 2.69 bits per heavy atom. The summed E-state index contributed by atoms with van der Waals surface area (Å²) in [7, 11) is 1.89. The molecule has 0 fully saturated rings. The number of nitrogens with zero attached hydrogens (tertiary/aromatic N) is 3. The fourth-order valence-corrected chi connectivity index (χ4v) is 1.70. The minimum absolute atomic E-state index is 0.378. The van der Waals surface area contributed by atoms with E-state index in [9.17, 15) is 0 Å². The maximum Gasteiger partial charge on any atom is 0.163 e. The molecule has 2 aromatic rings. The zero-order valence-corrected chi connectivity index (χ0v) is 9.99. The van der Waals surface area contributed by atoms with Crippen LogP contribution >= 0.6 is 11.6 Å². The molecule has 84 valence electrons. The Kier molecular flexibility index (Phi) is 2.94. The van der Waals surface area contributed by atoms with Crippen LogP contribution in [0.3, 0.4) is 0 Å². The van der Waals surface area contributed by atoms with Gasteiger partial charge in [-0.05, 0) is 18.6 Å². The van der Waals surface area contributed by atoms with Crippen molar-refractivity contribution in [3.8, 4) is 11.4 Å². The first-order valence-electron chi connectivity index (χ1n) is 4.98. The quantitative estimate of drug-likeness (QED) is 0.867. The molecule has 2 N–H and O–H groups in total. The van der Waals surface area contributed by atoms with Gasteiger partial charge in [0.1, 0.15) is 5.82 Å². The molecular weight excluding hydrogens is 224 g/mol. The second-order valence-corrected chi connectivity index (χ2v) is 4.07. The van der Waals surface area contributed by atoms with Crippen molar-refractivity contribution in [2.24, 2.45) is 12.8 Å². The molecule has 1 aromatic carbocycles. The molecule has 1 aromatic heterocycles. The smallest absolute Gasteiger partial charge is 0.163 e. The molecule has 0 amide bonds. The summed E-state index contributed by atoms with van der Waals surface area (Å²) in [6, 6.07) is 5.83. The van der Waals surface area contributed by atoms with Crippen molar-refractivity contribution < 1.29 is 0 Å². The van der Waals surface area contributed by atoms with Gasteiger partial charge in [0.15, 0.2) is 5.82 Å². The van der Waals surface area contributed by atoms with Gasteiger partial charge in [-0.15, -0.1) is 10.2 Å². The van der Waals surface area contributed by atoms with E-state index in [1.54, 1.807) is 0 Å². The third-order valence-corrected chi connectivity index (χ3v) is 2.98. The van der Waals surface area contributed by atoms with Crippen LogP contribution in [0.4, 0.5) is 0 Å². The summed E-state index contributed by atoms with van der Waals surface area (Å²) >= 11 is 6.07. The molecule has 2 rings (SSSR count). The lowest BCUT2D eigenvalue weighted by Gasteiger charge is -2.04. The first-order valence-corrected chi connectivity index (χ1v) is 5.36. The molecule has 0 spiro atoms. The zero-order valence-electron chi connectivity index (χ0n) is 9.24. The Hall–Kier alpha value is -1.39. The first kappa shape index (κ1) is 11.1. The predicted molar refractivity (Wildman–Crippen MR) is 64.1 cm³/mol. The van der Waals surface area contributed by atoms with Crippen molar-refractivity contribution in [3.63, 3.8) is 0 Å². The predicted octanol–water partition coefficient (Wildman–Crippen LogP) is 1.90. The van der Waals surface area contributed by atoms with Gasteiger partial charge in [-0.2, -0.15) is 0 Å². The van der Waals surface area contributed by atoms with Crippen LogP contribution in [0.25, 0.3) is 11.4 Å². The molecule has 0 saturated heterocycles. The molecule has 0 bridgehead atoms. The van der Waals surface area contributed by atoms with Crippen LogP contribution in [0, 0.1) is 6.92 Å². The number of aromatic nitrogens is 3. The highest BCUT2D eigenvalue weighted by Gasteiger charge is 2.10. The monoisotopic (exact) mass is 236 g/mol. The van der Waals surface area contributed by atoms with Gasteiger partial charge in [-0.1, -0.05) is 23.7 Å². The summed E-state index contributed by atoms with van der Waals surface area (Å²) in [5, 5.41) is 8.84. The van der Waals surface area contributed by atoms with Crippen LogP contribution in [0.2, 0.25) is 5.02 Å². The van der Waals surface area contributed by atoms with Crippen molar-refractivity contribution in [1.82, 2.24) is 14.8 Å². The van der Waals surface area contributed by atoms with Gasteiger partial charge < -0.3 is 10.3 Å². The van der Waals surface area contributed by atoms with Crippen molar-refractivity contribution in [3.05, 3.63) is 34.6 Å². The second kappa shape index (κ2) is 4.23. The van der Waals surface area contributed by atoms with E-state index >= 15 is 0 Å². The maximum atomic E-state index is 6.07. The number of benzene rings is 1. The lowest BCUT2D eigenvalue weighted by molar-refractivity contribution is 0.797. The van der Waals surface area contributed by atoms with E-state index in [0.717, 1.165) is 27.8 Å². The molecule has 16 heavy (non-hydrogen) atoms. The maximum absolute atomic E-state index is 6.07. The fraction of sp³-hybridized carbons (Fsp3) is 0.273. The second-order valence-electron chi connectivity index (χ2n) is 3.67. The van der Waals surface area contributed by atoms with Crippen LogP contribution in [0.5, 0.6) is 0 Å². The van der Waals surface area contributed by atoms with Crippen molar-refractivity contribution in [2.45, 2.75) is 13.5 Å². The molecule has 0 aliphatic carbocycles. The Balaban J connectivity index is 2.50. The standard InChI is InChI=1S/C11H13ClN4/c1-7-3-4-8(5-9(7)12)11-15-14-10(6-13)16(11)2/h3-5H,6,13H2,1-2H3. The summed E-state index contributed by atoms with van der Waals surface area (Å²) in [6.07, 6.45) is 0. The van der Waals surface area contributed by atoms with Crippen LogP contribution in [-0.2, 0) is 13.6 Å². The number of aryl methyl sites for hydroxylation is 1. The van der Waals surface area contributed by atoms with Crippen molar-refractivity contribution in [2.75, 3.05) is 0 Å². The van der Waals surface area contributed by atoms with Gasteiger partial charge in [-0.3, -0.25) is 0 Å². The first-order chi connectivity index (χ1) is 7.63. The summed E-state index contributed by atoms with van der Waals surface area (Å²) in [5.74, 6) is 1.54. The van der Waals surface area contributed by atoms with E-state index in [2.05, 4.69) is 10.2 Å². The number of rotatable bonds is 2. The van der Waals surface area contributed by atoms with Crippen molar-refractivity contribution >= 4 is 11.6 Å². The largest absolute Gasteiger partial charge is 0.324 e. The molecular formula is C11H13ClN4. The van der Waals surface area contributed by atoms with E-state index in [4.69, 9.17) is 17.3 Å². The van der Waals surface area contributed by atoms with Gasteiger partial charge in [0.05, 0.1) is 6.54 Å². The Morgan fingerprint density at radius 1 is 1.38 bits per heavy atom. The molecule has 5 heteroatoms. The van der Waals surface area contributed by atoms with E-state index in [1.165, 1.54) is 0 Å². The Morgan fingerprint density at radius 2 is 2.12 bits per heavy atom. The zero-order chi connectivity index (χ0) is 11.7. The number of nitrogens with two attached hydrogens (primary N) is 1. The van der Waals surface area contributed by atoms with Crippen LogP contribution in [-0.4, -0.2) is 14.8 Å². The van der Waals surface area contributed by atoms with E-state index in [0.29, 0.717) is 6.54 Å². The van der Waals surface area contributed by atoms with Gasteiger partial charge in [0, 0.05) is 17.6 Å². The summed E-state index contributed by atoms with van der Waals surface area (Å²) < 4.78 is 1.88. The van der Waals surface area contributed by atoms with E-state index < -0.39 is 0 Å². The highest BCUT2D eigenvalue weighted by Crippen LogP contribution is 2.23. The van der Waals surface area contributed by atoms with E-state index in [-0.39, 0.29) is 0 Å². The SMILES string of the molecule is Cc1ccc(-c2nnc(CN)n2C)cc1Cl. The normalized spacial score (nSPS) is 10.8. The minimum atomic E-state index is 0.378. The Labute approximate surface area is 99.1 Å². The van der Waals surface area contributed by atoms with E-state index in [1.807, 2.05) is 36.7 Å². The van der Waals surface area contributed by atoms with Crippen LogP contribution < -0.4 is 5.73 Å². The van der Waals surface area contributed by atoms with Crippen molar-refractivity contribution in [1.29, 1.82) is 0 Å². The number of halogens is 1. The van der Waals surface area contributed by atoms with Gasteiger partial charge >= 0.3 is 0 Å². The molecule has 0 atom stereocenters. The lowest BCUT2D eigenvalue weighted by Crippen LogP contribution is -2.05. The molecule has 0 unspecified atom stereocenters. The highest BCUT2D eigenvalue weighted by molar-refractivity contribution is 6.31. The lowest BCUT2D eigenvalue weighted by atomic mass is 10.1. The molecule has 0 saturated carbocycles. The molecule has 0 radical (unpaired) electrons. The molecule has 0 aliphatic rings. The highest BCUT2D eigenvalue weighted by atomic mass is 35.5. The average molecular weight is 237 g/mol. The topological polar surface area (TPSA) is 56.7 Å². The molecule has 1 heterocycles. The number of hydrogen-bond acceptors (Lipinski definition) is 3. The minimum Gasteiger partial charge on any atom is -0.324 e. The van der Waals surface area contributed by atoms with Gasteiger partial charge in [0.25, 0.3) is 0 Å². The van der Waals surface area contributed by atoms with Gasteiger partial charge in [0.2, 0.25) is 0 Å². The van der Waals surface area contributed by atoms with Crippen LogP contribution in [0.1, 0.15) is 11.4 Å². The number of hydrogen-bond donors (Lipinski definition) is 1. The Bertz CT molecular complexity index is 519. The molecule has 4 nitrogen and oxygen atoms in total. The van der Waals surface area contributed by atoms with Crippen LogP contribution in [0.15, 0.2) is 18.2 Å². The average Bonchev–Trinajstić information content (AvgIpc) is 2.64. The van der Waals surface area contributed by atoms with Gasteiger partial charge in [-0.25, -0.2) is 0 Å². The summed E-state index contributed by atoms with van der Waals surface area (Å²) in [4.78, 5) is 0. The third-order valence-electron chi connectivity index (χ3n) is 2.58. The third kappa shape index (κ3) is 1.81. The molecule has 0 aliphatic heterocycles. The summed E-state index contributed by atoms with van der Waals surface area (Å²) in [5.41, 5.74) is 7.54. The fourth-order valence-electron chi connectivity index (χ4n) is 1.52.